The quantitative estimate of drug-likeness (QED) is 0.851. The second-order valence-corrected chi connectivity index (χ2v) is 5.80. The van der Waals surface area contributed by atoms with Crippen LogP contribution in [0.25, 0.3) is 0 Å². The van der Waals surface area contributed by atoms with Gasteiger partial charge in [0, 0.05) is 11.1 Å². The summed E-state index contributed by atoms with van der Waals surface area (Å²) >= 11 is 5.77. The average molecular weight is 310 g/mol. The molecule has 1 amide bonds. The molecule has 0 unspecified atom stereocenters. The highest BCUT2D eigenvalue weighted by molar-refractivity contribution is 6.30. The molecule has 114 valence electrons. The van der Waals surface area contributed by atoms with Gasteiger partial charge in [-0.3, -0.25) is 9.59 Å². The van der Waals surface area contributed by atoms with Gasteiger partial charge in [-0.2, -0.15) is 0 Å². The first-order chi connectivity index (χ1) is 10.1. The van der Waals surface area contributed by atoms with E-state index in [2.05, 4.69) is 5.32 Å². The maximum atomic E-state index is 11.7. The zero-order valence-electron chi connectivity index (χ0n) is 11.9. The summed E-state index contributed by atoms with van der Waals surface area (Å²) in [5, 5.41) is 3.54. The largest absolute Gasteiger partial charge is 0.455 e. The van der Waals surface area contributed by atoms with E-state index in [1.165, 1.54) is 6.42 Å². The van der Waals surface area contributed by atoms with Crippen LogP contribution in [-0.4, -0.2) is 24.5 Å². The van der Waals surface area contributed by atoms with Gasteiger partial charge in [-0.05, 0) is 30.5 Å². The van der Waals surface area contributed by atoms with Gasteiger partial charge in [-0.15, -0.1) is 0 Å². The number of esters is 1. The number of ether oxygens (including phenoxy) is 1. The zero-order chi connectivity index (χ0) is 15.1. The summed E-state index contributed by atoms with van der Waals surface area (Å²) in [6.07, 6.45) is 5.73. The summed E-state index contributed by atoms with van der Waals surface area (Å²) in [6.45, 7) is -0.205. The number of hydrogen-bond acceptors (Lipinski definition) is 3. The van der Waals surface area contributed by atoms with Crippen molar-refractivity contribution in [1.82, 2.24) is 5.32 Å². The SMILES string of the molecule is O=C(COC(=O)Cc1ccc(Cl)cc1)NC1CCCCC1. The average Bonchev–Trinajstić information content (AvgIpc) is 2.49. The zero-order valence-corrected chi connectivity index (χ0v) is 12.7. The van der Waals surface area contributed by atoms with Crippen molar-refractivity contribution in [3.05, 3.63) is 34.9 Å². The Kier molecular flexibility index (Phi) is 6.05. The van der Waals surface area contributed by atoms with Crippen LogP contribution >= 0.6 is 11.6 Å². The number of amides is 1. The van der Waals surface area contributed by atoms with E-state index in [9.17, 15) is 9.59 Å². The smallest absolute Gasteiger partial charge is 0.310 e. The minimum atomic E-state index is -0.406. The molecule has 0 spiro atoms. The number of carbonyl (C=O) groups is 2. The number of hydrogen-bond donors (Lipinski definition) is 1. The van der Waals surface area contributed by atoms with E-state index < -0.39 is 5.97 Å². The van der Waals surface area contributed by atoms with Gasteiger partial charge in [0.1, 0.15) is 0 Å². The molecule has 1 fully saturated rings. The monoisotopic (exact) mass is 309 g/mol. The predicted molar refractivity (Wildman–Crippen MR) is 81.1 cm³/mol. The lowest BCUT2D eigenvalue weighted by atomic mass is 9.95. The Morgan fingerprint density at radius 1 is 1.14 bits per heavy atom. The molecule has 0 aromatic heterocycles. The van der Waals surface area contributed by atoms with Gasteiger partial charge < -0.3 is 10.1 Å². The standard InChI is InChI=1S/C16H20ClNO3/c17-13-8-6-12(7-9-13)10-16(20)21-11-15(19)18-14-4-2-1-3-5-14/h6-9,14H,1-5,10-11H2,(H,18,19). The number of benzene rings is 1. The van der Waals surface area contributed by atoms with Crippen LogP contribution in [-0.2, 0) is 20.7 Å². The van der Waals surface area contributed by atoms with E-state index in [-0.39, 0.29) is 25.0 Å². The van der Waals surface area contributed by atoms with Crippen molar-refractivity contribution >= 4 is 23.5 Å². The lowest BCUT2D eigenvalue weighted by Gasteiger charge is -2.22. The molecule has 1 aliphatic carbocycles. The van der Waals surface area contributed by atoms with Crippen LogP contribution in [0.2, 0.25) is 5.02 Å². The first-order valence-electron chi connectivity index (χ1n) is 7.33. The molecule has 1 N–H and O–H groups in total. The molecular formula is C16H20ClNO3. The first-order valence-corrected chi connectivity index (χ1v) is 7.71. The summed E-state index contributed by atoms with van der Waals surface area (Å²) in [7, 11) is 0. The summed E-state index contributed by atoms with van der Waals surface area (Å²) in [6, 6.07) is 7.22. The maximum absolute atomic E-state index is 11.7. The van der Waals surface area contributed by atoms with Gasteiger partial charge in [-0.1, -0.05) is 43.0 Å². The third kappa shape index (κ3) is 5.76. The number of halogens is 1. The molecule has 1 aromatic carbocycles. The summed E-state index contributed by atoms with van der Waals surface area (Å²) in [5.74, 6) is -0.623. The van der Waals surface area contributed by atoms with Gasteiger partial charge in [0.15, 0.2) is 6.61 Å². The van der Waals surface area contributed by atoms with Gasteiger partial charge >= 0.3 is 5.97 Å². The molecule has 0 bridgehead atoms. The normalized spacial score (nSPS) is 15.5. The fourth-order valence-corrected chi connectivity index (χ4v) is 2.61. The van der Waals surface area contributed by atoms with Crippen LogP contribution in [0.1, 0.15) is 37.7 Å². The van der Waals surface area contributed by atoms with Crippen molar-refractivity contribution in [3.63, 3.8) is 0 Å². The van der Waals surface area contributed by atoms with Crippen molar-refractivity contribution in [1.29, 1.82) is 0 Å². The van der Waals surface area contributed by atoms with Crippen LogP contribution in [0, 0.1) is 0 Å². The maximum Gasteiger partial charge on any atom is 0.310 e. The minimum absolute atomic E-state index is 0.147. The molecular weight excluding hydrogens is 290 g/mol. The van der Waals surface area contributed by atoms with Crippen molar-refractivity contribution in [2.45, 2.75) is 44.6 Å². The lowest BCUT2D eigenvalue weighted by Crippen LogP contribution is -2.38. The molecule has 1 aliphatic rings. The molecule has 0 aliphatic heterocycles. The molecule has 2 rings (SSSR count). The van der Waals surface area contributed by atoms with Gasteiger partial charge in [0.05, 0.1) is 6.42 Å². The Hall–Kier alpha value is -1.55. The van der Waals surface area contributed by atoms with Crippen LogP contribution in [0.15, 0.2) is 24.3 Å². The molecule has 0 atom stereocenters. The summed E-state index contributed by atoms with van der Waals surface area (Å²) in [5.41, 5.74) is 0.817. The highest BCUT2D eigenvalue weighted by atomic mass is 35.5. The van der Waals surface area contributed by atoms with Crippen molar-refractivity contribution in [2.75, 3.05) is 6.61 Å². The third-order valence-electron chi connectivity index (χ3n) is 3.60. The molecule has 0 saturated heterocycles. The minimum Gasteiger partial charge on any atom is -0.455 e. The second-order valence-electron chi connectivity index (χ2n) is 5.37. The molecule has 5 heteroatoms. The summed E-state index contributed by atoms with van der Waals surface area (Å²) in [4.78, 5) is 23.4. The van der Waals surface area contributed by atoms with Crippen LogP contribution in [0.3, 0.4) is 0 Å². The Balaban J connectivity index is 1.68. The predicted octanol–water partition coefficient (Wildman–Crippen LogP) is 2.87. The van der Waals surface area contributed by atoms with E-state index in [0.29, 0.717) is 5.02 Å². The summed E-state index contributed by atoms with van der Waals surface area (Å²) < 4.78 is 5.00. The Labute approximate surface area is 129 Å². The van der Waals surface area contributed by atoms with Gasteiger partial charge in [-0.25, -0.2) is 0 Å². The van der Waals surface area contributed by atoms with E-state index >= 15 is 0 Å². The lowest BCUT2D eigenvalue weighted by molar-refractivity contribution is -0.148. The number of nitrogens with one attached hydrogen (secondary N) is 1. The molecule has 0 radical (unpaired) electrons. The topological polar surface area (TPSA) is 55.4 Å². The van der Waals surface area contributed by atoms with Gasteiger partial charge in [0.25, 0.3) is 5.91 Å². The van der Waals surface area contributed by atoms with Crippen LogP contribution in [0.5, 0.6) is 0 Å². The molecule has 4 nitrogen and oxygen atoms in total. The highest BCUT2D eigenvalue weighted by Gasteiger charge is 2.16. The molecule has 0 heterocycles. The molecule has 1 saturated carbocycles. The fourth-order valence-electron chi connectivity index (χ4n) is 2.48. The second kappa shape index (κ2) is 8.03. The molecule has 21 heavy (non-hydrogen) atoms. The van der Waals surface area contributed by atoms with Crippen LogP contribution < -0.4 is 5.32 Å². The van der Waals surface area contributed by atoms with E-state index in [4.69, 9.17) is 16.3 Å². The fraction of sp³-hybridized carbons (Fsp3) is 0.500. The van der Waals surface area contributed by atoms with Crippen molar-refractivity contribution in [3.8, 4) is 0 Å². The van der Waals surface area contributed by atoms with Crippen molar-refractivity contribution in [2.24, 2.45) is 0 Å². The Bertz CT molecular complexity index is 481. The van der Waals surface area contributed by atoms with E-state index in [1.807, 2.05) is 0 Å². The van der Waals surface area contributed by atoms with E-state index in [0.717, 1.165) is 31.2 Å². The Morgan fingerprint density at radius 3 is 2.48 bits per heavy atom. The highest BCUT2D eigenvalue weighted by Crippen LogP contribution is 2.17. The number of carbonyl (C=O) groups excluding carboxylic acids is 2. The van der Waals surface area contributed by atoms with Gasteiger partial charge in [0.2, 0.25) is 0 Å². The van der Waals surface area contributed by atoms with E-state index in [1.54, 1.807) is 24.3 Å². The third-order valence-corrected chi connectivity index (χ3v) is 3.85. The number of rotatable bonds is 5. The van der Waals surface area contributed by atoms with Crippen LogP contribution in [0.4, 0.5) is 0 Å². The Morgan fingerprint density at radius 2 is 1.81 bits per heavy atom. The van der Waals surface area contributed by atoms with Crippen molar-refractivity contribution < 1.29 is 14.3 Å². The molecule has 1 aromatic rings. The first kappa shape index (κ1) is 15.8.